The third-order valence-corrected chi connectivity index (χ3v) is 3.54. The van der Waals surface area contributed by atoms with Crippen molar-refractivity contribution < 1.29 is 27.5 Å². The number of carbonyl (C=O) groups excluding carboxylic acids is 2. The molecule has 0 spiro atoms. The second-order valence-electron chi connectivity index (χ2n) is 5.36. The van der Waals surface area contributed by atoms with Gasteiger partial charge in [0.25, 0.3) is 0 Å². The first-order valence-electron chi connectivity index (χ1n) is 7.74. The summed E-state index contributed by atoms with van der Waals surface area (Å²) in [5.74, 6) is -5.31. The van der Waals surface area contributed by atoms with E-state index < -0.39 is 41.4 Å². The van der Waals surface area contributed by atoms with Gasteiger partial charge >= 0.3 is 0 Å². The van der Waals surface area contributed by atoms with E-state index in [2.05, 4.69) is 5.32 Å². The minimum atomic E-state index is -1.69. The molecule has 0 aliphatic heterocycles. The molecule has 0 aromatic heterocycles. The van der Waals surface area contributed by atoms with E-state index in [9.17, 15) is 22.8 Å². The van der Waals surface area contributed by atoms with Crippen LogP contribution in [0.25, 0.3) is 0 Å². The first kappa shape index (κ1) is 19.3. The minimum Gasteiger partial charge on any atom is -0.496 e. The van der Waals surface area contributed by atoms with Gasteiger partial charge in [0.1, 0.15) is 12.2 Å². The van der Waals surface area contributed by atoms with E-state index in [4.69, 9.17) is 4.74 Å². The van der Waals surface area contributed by atoms with Crippen molar-refractivity contribution in [1.82, 2.24) is 5.32 Å². The van der Waals surface area contributed by atoms with Crippen molar-refractivity contribution in [3.05, 3.63) is 59.4 Å². The number of hydrogen-bond donors (Lipinski definition) is 2. The molecule has 2 N–H and O–H groups in total. The van der Waals surface area contributed by atoms with E-state index in [-0.39, 0.29) is 6.54 Å². The number of benzene rings is 2. The van der Waals surface area contributed by atoms with Crippen LogP contribution in [0.15, 0.2) is 36.4 Å². The molecule has 0 unspecified atom stereocenters. The fourth-order valence-electron chi connectivity index (χ4n) is 2.27. The lowest BCUT2D eigenvalue weighted by Gasteiger charge is -2.10. The summed E-state index contributed by atoms with van der Waals surface area (Å²) in [6.45, 7) is 0.270. The van der Waals surface area contributed by atoms with Crippen LogP contribution in [0.3, 0.4) is 0 Å². The highest BCUT2D eigenvalue weighted by molar-refractivity contribution is 6.03. The Balaban J connectivity index is 1.82. The Hall–Kier alpha value is -3.03. The molecule has 2 aromatic carbocycles. The van der Waals surface area contributed by atoms with Gasteiger partial charge in [-0.2, -0.15) is 0 Å². The second-order valence-corrected chi connectivity index (χ2v) is 5.36. The molecule has 2 aromatic rings. The molecule has 2 rings (SSSR count). The van der Waals surface area contributed by atoms with Gasteiger partial charge in [0.2, 0.25) is 11.8 Å². The molecule has 8 heteroatoms. The SMILES string of the molecule is COc1ccccc1CCNC(=O)CC(=O)Nc1ccc(F)c(F)c1F. The number of hydrogen-bond acceptors (Lipinski definition) is 3. The van der Waals surface area contributed by atoms with Crippen LogP contribution in [0.5, 0.6) is 5.75 Å². The van der Waals surface area contributed by atoms with Gasteiger partial charge in [0, 0.05) is 6.54 Å². The van der Waals surface area contributed by atoms with Crippen molar-refractivity contribution in [2.75, 3.05) is 19.0 Å². The Morgan fingerprint density at radius 1 is 1.00 bits per heavy atom. The lowest BCUT2D eigenvalue weighted by molar-refractivity contribution is -0.126. The number of nitrogens with one attached hydrogen (secondary N) is 2. The van der Waals surface area contributed by atoms with Crippen LogP contribution in [0.1, 0.15) is 12.0 Å². The summed E-state index contributed by atoms with van der Waals surface area (Å²) in [6, 6.07) is 8.86. The summed E-state index contributed by atoms with van der Waals surface area (Å²) in [7, 11) is 1.54. The topological polar surface area (TPSA) is 67.4 Å². The van der Waals surface area contributed by atoms with Crippen LogP contribution in [0.2, 0.25) is 0 Å². The maximum atomic E-state index is 13.5. The van der Waals surface area contributed by atoms with Crippen LogP contribution in [0.4, 0.5) is 18.9 Å². The quantitative estimate of drug-likeness (QED) is 0.585. The molecule has 5 nitrogen and oxygen atoms in total. The van der Waals surface area contributed by atoms with Crippen molar-refractivity contribution in [2.24, 2.45) is 0 Å². The molecule has 0 saturated heterocycles. The summed E-state index contributed by atoms with van der Waals surface area (Å²) in [5.41, 5.74) is 0.360. The molecule has 0 fully saturated rings. The predicted octanol–water partition coefficient (Wildman–Crippen LogP) is 2.80. The molecule has 2 amide bonds. The Bertz CT molecular complexity index is 812. The van der Waals surface area contributed by atoms with Crippen molar-refractivity contribution in [3.63, 3.8) is 0 Å². The Kier molecular flexibility index (Phi) is 6.60. The molecule has 0 saturated carbocycles. The van der Waals surface area contributed by atoms with Crippen LogP contribution in [-0.2, 0) is 16.0 Å². The maximum absolute atomic E-state index is 13.5. The van der Waals surface area contributed by atoms with Crippen molar-refractivity contribution >= 4 is 17.5 Å². The van der Waals surface area contributed by atoms with Crippen molar-refractivity contribution in [2.45, 2.75) is 12.8 Å². The molecule has 0 aliphatic rings. The number of halogens is 3. The van der Waals surface area contributed by atoms with Gasteiger partial charge in [-0.15, -0.1) is 0 Å². The van der Waals surface area contributed by atoms with Gasteiger partial charge in [-0.05, 0) is 30.2 Å². The fraction of sp³-hybridized carbons (Fsp3) is 0.222. The summed E-state index contributed by atoms with van der Waals surface area (Å²) in [4.78, 5) is 23.5. The number of carbonyl (C=O) groups is 2. The summed E-state index contributed by atoms with van der Waals surface area (Å²) < 4.78 is 44.6. The normalized spacial score (nSPS) is 10.3. The number of methoxy groups -OCH3 is 1. The zero-order valence-electron chi connectivity index (χ0n) is 13.9. The summed E-state index contributed by atoms with van der Waals surface area (Å²) in [6.07, 6.45) is -0.0838. The molecule has 0 atom stereocenters. The summed E-state index contributed by atoms with van der Waals surface area (Å²) in [5, 5.41) is 4.59. The van der Waals surface area contributed by atoms with Gasteiger partial charge in [-0.1, -0.05) is 18.2 Å². The highest BCUT2D eigenvalue weighted by Crippen LogP contribution is 2.20. The third-order valence-electron chi connectivity index (χ3n) is 3.54. The lowest BCUT2D eigenvalue weighted by atomic mass is 10.1. The fourth-order valence-corrected chi connectivity index (χ4v) is 2.27. The zero-order chi connectivity index (χ0) is 19.1. The molecular weight excluding hydrogens is 349 g/mol. The van der Waals surface area contributed by atoms with Crippen LogP contribution in [-0.4, -0.2) is 25.5 Å². The molecule has 138 valence electrons. The second kappa shape index (κ2) is 8.89. The molecular formula is C18H17F3N2O3. The first-order valence-corrected chi connectivity index (χ1v) is 7.74. The largest absolute Gasteiger partial charge is 0.496 e. The lowest BCUT2D eigenvalue weighted by Crippen LogP contribution is -2.30. The predicted molar refractivity (Wildman–Crippen MR) is 89.3 cm³/mol. The average molecular weight is 366 g/mol. The van der Waals surface area contributed by atoms with Gasteiger partial charge in [-0.3, -0.25) is 9.59 Å². The van der Waals surface area contributed by atoms with Crippen LogP contribution in [0, 0.1) is 17.5 Å². The van der Waals surface area contributed by atoms with Crippen molar-refractivity contribution in [1.29, 1.82) is 0 Å². The molecule has 0 radical (unpaired) electrons. The highest BCUT2D eigenvalue weighted by atomic mass is 19.2. The average Bonchev–Trinajstić information content (AvgIpc) is 2.62. The van der Waals surface area contributed by atoms with E-state index >= 15 is 0 Å². The van der Waals surface area contributed by atoms with E-state index in [1.165, 1.54) is 0 Å². The van der Waals surface area contributed by atoms with Crippen LogP contribution < -0.4 is 15.4 Å². The van der Waals surface area contributed by atoms with Gasteiger partial charge in [0.05, 0.1) is 12.8 Å². The number of para-hydroxylation sites is 1. The van der Waals surface area contributed by atoms with Crippen molar-refractivity contribution in [3.8, 4) is 5.75 Å². The molecule has 0 bridgehead atoms. The molecule has 26 heavy (non-hydrogen) atoms. The summed E-state index contributed by atoms with van der Waals surface area (Å²) >= 11 is 0. The third kappa shape index (κ3) is 4.98. The highest BCUT2D eigenvalue weighted by Gasteiger charge is 2.16. The van der Waals surface area contributed by atoms with Gasteiger partial charge in [-0.25, -0.2) is 13.2 Å². The number of ether oxygens (including phenoxy) is 1. The van der Waals surface area contributed by atoms with E-state index in [1.54, 1.807) is 13.2 Å². The van der Waals surface area contributed by atoms with E-state index in [1.807, 2.05) is 23.5 Å². The molecule has 0 aliphatic carbocycles. The Morgan fingerprint density at radius 3 is 2.46 bits per heavy atom. The van der Waals surface area contributed by atoms with Crippen LogP contribution >= 0.6 is 0 Å². The Labute approximate surface area is 148 Å². The molecule has 0 heterocycles. The van der Waals surface area contributed by atoms with E-state index in [0.717, 1.165) is 11.6 Å². The smallest absolute Gasteiger partial charge is 0.233 e. The van der Waals surface area contributed by atoms with E-state index in [0.29, 0.717) is 18.2 Å². The Morgan fingerprint density at radius 2 is 1.73 bits per heavy atom. The first-order chi connectivity index (χ1) is 12.4. The van der Waals surface area contributed by atoms with Gasteiger partial charge < -0.3 is 15.4 Å². The number of amides is 2. The van der Waals surface area contributed by atoms with Gasteiger partial charge in [0.15, 0.2) is 17.5 Å². The number of rotatable bonds is 7. The maximum Gasteiger partial charge on any atom is 0.233 e. The minimum absolute atomic E-state index is 0.270. The monoisotopic (exact) mass is 366 g/mol. The number of anilines is 1. The zero-order valence-corrected chi connectivity index (χ0v) is 13.9. The standard InChI is InChI=1S/C18H17F3N2O3/c1-26-14-5-3-2-4-11(14)8-9-22-15(24)10-16(25)23-13-7-6-12(19)17(20)18(13)21/h2-7H,8-10H2,1H3,(H,22,24)(H,23,25).